The molecule has 6 nitrogen and oxygen atoms in total. The molecule has 0 amide bonds. The smallest absolute Gasteiger partial charge is 0.306 e. The first-order valence-corrected chi connectivity index (χ1v) is 10.1. The van der Waals surface area contributed by atoms with Gasteiger partial charge in [-0.15, -0.1) is 0 Å². The molecule has 7 heteroatoms. The summed E-state index contributed by atoms with van der Waals surface area (Å²) < 4.78 is 32.5. The van der Waals surface area contributed by atoms with Crippen LogP contribution in [0.3, 0.4) is 0 Å². The Morgan fingerprint density at radius 3 is 2.44 bits per heavy atom. The Kier molecular flexibility index (Phi) is 5.93. The monoisotopic (exact) mass is 387 g/mol. The third kappa shape index (κ3) is 4.56. The zero-order valence-corrected chi connectivity index (χ0v) is 15.6. The Bertz CT molecular complexity index is 938. The van der Waals surface area contributed by atoms with Crippen molar-refractivity contribution in [1.29, 1.82) is 0 Å². The molecule has 0 radical (unpaired) electrons. The first-order valence-electron chi connectivity index (χ1n) is 8.67. The van der Waals surface area contributed by atoms with E-state index < -0.39 is 16.0 Å². The highest BCUT2D eigenvalue weighted by atomic mass is 32.2. The molecule has 3 rings (SSSR count). The zero-order valence-electron chi connectivity index (χ0n) is 14.7. The van der Waals surface area contributed by atoms with Gasteiger partial charge in [0.25, 0.3) is 0 Å². The fourth-order valence-corrected chi connectivity index (χ4v) is 4.36. The molecule has 1 N–H and O–H groups in total. The van der Waals surface area contributed by atoms with Crippen LogP contribution in [0.25, 0.3) is 5.57 Å². The maximum Gasteiger partial charge on any atom is 0.306 e. The molecule has 0 bridgehead atoms. The molecule has 2 aromatic carbocycles. The maximum atomic E-state index is 12.7. The summed E-state index contributed by atoms with van der Waals surface area (Å²) in [5.41, 5.74) is 1.88. The van der Waals surface area contributed by atoms with E-state index in [1.807, 2.05) is 24.3 Å². The molecule has 142 valence electrons. The van der Waals surface area contributed by atoms with Crippen molar-refractivity contribution in [2.45, 2.75) is 17.7 Å². The van der Waals surface area contributed by atoms with Gasteiger partial charge in [-0.2, -0.15) is 4.31 Å². The van der Waals surface area contributed by atoms with E-state index in [0.717, 1.165) is 11.1 Å². The molecule has 0 aromatic heterocycles. The number of aliphatic carboxylic acids is 1. The number of carboxylic acids is 1. The third-order valence-electron chi connectivity index (χ3n) is 4.36. The van der Waals surface area contributed by atoms with Crippen molar-refractivity contribution >= 4 is 21.6 Å². The summed E-state index contributed by atoms with van der Waals surface area (Å²) in [6, 6.07) is 15.8. The number of para-hydroxylation sites is 1. The Labute approximate surface area is 158 Å². The molecule has 0 spiro atoms. The van der Waals surface area contributed by atoms with Gasteiger partial charge in [0, 0.05) is 18.7 Å². The summed E-state index contributed by atoms with van der Waals surface area (Å²) in [5, 5.41) is 8.76. The van der Waals surface area contributed by atoms with Gasteiger partial charge in [0.2, 0.25) is 10.0 Å². The number of carboxylic acid groups (broad SMARTS) is 1. The number of rotatable bonds is 7. The van der Waals surface area contributed by atoms with Crippen LogP contribution in [0.15, 0.2) is 65.6 Å². The normalized spacial score (nSPS) is 15.2. The highest BCUT2D eigenvalue weighted by Gasteiger charge is 2.26. The summed E-state index contributed by atoms with van der Waals surface area (Å²) in [6.45, 7) is 0.761. The van der Waals surface area contributed by atoms with Gasteiger partial charge in [-0.3, -0.25) is 4.79 Å². The first kappa shape index (κ1) is 19.1. The predicted octanol–water partition coefficient (Wildman–Crippen LogP) is 3.02. The molecule has 0 fully saturated rings. The van der Waals surface area contributed by atoms with Gasteiger partial charge in [-0.05, 0) is 30.2 Å². The molecule has 1 aliphatic heterocycles. The highest BCUT2D eigenvalue weighted by Crippen LogP contribution is 2.31. The standard InChI is InChI=1S/C20H21NO5S/c22-20(23)12-15-26-19-9-5-4-8-18(19)16-10-13-21(14-11-16)27(24,25)17-6-2-1-3-7-17/h1-10H,11-15H2,(H,22,23). The van der Waals surface area contributed by atoms with E-state index in [1.165, 1.54) is 4.31 Å². The van der Waals surface area contributed by atoms with Crippen LogP contribution in [0.5, 0.6) is 5.75 Å². The number of hydrogen-bond acceptors (Lipinski definition) is 4. The summed E-state index contributed by atoms with van der Waals surface area (Å²) in [4.78, 5) is 11.0. The molecule has 1 heterocycles. The maximum absolute atomic E-state index is 12.7. The quantitative estimate of drug-likeness (QED) is 0.789. The van der Waals surface area contributed by atoms with Gasteiger partial charge in [0.1, 0.15) is 5.75 Å². The van der Waals surface area contributed by atoms with Crippen LogP contribution >= 0.6 is 0 Å². The van der Waals surface area contributed by atoms with Gasteiger partial charge in [-0.25, -0.2) is 8.42 Å². The largest absolute Gasteiger partial charge is 0.492 e. The zero-order chi connectivity index (χ0) is 19.3. The molecular formula is C20H21NO5S. The van der Waals surface area contributed by atoms with Crippen LogP contribution in [0.4, 0.5) is 0 Å². The van der Waals surface area contributed by atoms with Crippen molar-refractivity contribution in [3.05, 3.63) is 66.2 Å². The molecular weight excluding hydrogens is 366 g/mol. The minimum Gasteiger partial charge on any atom is -0.492 e. The summed E-state index contributed by atoms with van der Waals surface area (Å²) in [6.07, 6.45) is 2.38. The second kappa shape index (κ2) is 8.37. The van der Waals surface area contributed by atoms with Gasteiger partial charge in [0.15, 0.2) is 0 Å². The second-order valence-corrected chi connectivity index (χ2v) is 8.08. The van der Waals surface area contributed by atoms with Crippen LogP contribution in [-0.4, -0.2) is 43.5 Å². The number of ether oxygens (including phenoxy) is 1. The van der Waals surface area contributed by atoms with Crippen LogP contribution in [0.1, 0.15) is 18.4 Å². The van der Waals surface area contributed by atoms with Gasteiger partial charge in [0.05, 0.1) is 17.9 Å². The van der Waals surface area contributed by atoms with E-state index in [2.05, 4.69) is 0 Å². The number of carbonyl (C=O) groups is 1. The van der Waals surface area contributed by atoms with Crippen molar-refractivity contribution in [1.82, 2.24) is 4.31 Å². The van der Waals surface area contributed by atoms with Gasteiger partial charge >= 0.3 is 5.97 Å². The van der Waals surface area contributed by atoms with Crippen LogP contribution in [-0.2, 0) is 14.8 Å². The SMILES string of the molecule is O=C(O)CCOc1ccccc1C1=CCN(S(=O)(=O)c2ccccc2)CC1. The van der Waals surface area contributed by atoms with Crippen LogP contribution in [0, 0.1) is 0 Å². The van der Waals surface area contributed by atoms with Crippen molar-refractivity contribution in [3.63, 3.8) is 0 Å². The first-order chi connectivity index (χ1) is 13.0. The Morgan fingerprint density at radius 1 is 1.07 bits per heavy atom. The number of benzene rings is 2. The van der Waals surface area contributed by atoms with E-state index >= 15 is 0 Å². The van der Waals surface area contributed by atoms with Crippen molar-refractivity contribution in [3.8, 4) is 5.75 Å². The number of hydrogen-bond donors (Lipinski definition) is 1. The summed E-state index contributed by atoms with van der Waals surface area (Å²) in [7, 11) is -3.51. The molecule has 0 aliphatic carbocycles. The average Bonchev–Trinajstić information content (AvgIpc) is 2.69. The molecule has 0 saturated carbocycles. The summed E-state index contributed by atoms with van der Waals surface area (Å²) >= 11 is 0. The number of nitrogens with zero attached hydrogens (tertiary/aromatic N) is 1. The van der Waals surface area contributed by atoms with E-state index in [1.54, 1.807) is 36.4 Å². The minimum atomic E-state index is -3.51. The fourth-order valence-electron chi connectivity index (χ4n) is 2.96. The Morgan fingerprint density at radius 2 is 1.78 bits per heavy atom. The molecule has 1 aliphatic rings. The minimum absolute atomic E-state index is 0.0729. The molecule has 0 saturated heterocycles. The topological polar surface area (TPSA) is 83.9 Å². The van der Waals surface area contributed by atoms with Crippen LogP contribution in [0.2, 0.25) is 0 Å². The lowest BCUT2D eigenvalue weighted by atomic mass is 9.99. The van der Waals surface area contributed by atoms with E-state index in [4.69, 9.17) is 9.84 Å². The Hall–Kier alpha value is -2.64. The predicted molar refractivity (Wildman–Crippen MR) is 102 cm³/mol. The molecule has 27 heavy (non-hydrogen) atoms. The lowest BCUT2D eigenvalue weighted by Crippen LogP contribution is -2.34. The average molecular weight is 387 g/mol. The highest BCUT2D eigenvalue weighted by molar-refractivity contribution is 7.89. The van der Waals surface area contributed by atoms with E-state index in [-0.39, 0.29) is 19.6 Å². The van der Waals surface area contributed by atoms with Crippen molar-refractivity contribution in [2.24, 2.45) is 0 Å². The van der Waals surface area contributed by atoms with Crippen molar-refractivity contribution < 1.29 is 23.1 Å². The Balaban J connectivity index is 1.75. The molecule has 0 atom stereocenters. The number of sulfonamides is 1. The van der Waals surface area contributed by atoms with Gasteiger partial charge in [-0.1, -0.05) is 42.5 Å². The van der Waals surface area contributed by atoms with Crippen molar-refractivity contribution in [2.75, 3.05) is 19.7 Å². The fraction of sp³-hybridized carbons (Fsp3) is 0.250. The van der Waals surface area contributed by atoms with Crippen LogP contribution < -0.4 is 4.74 Å². The molecule has 2 aromatic rings. The lowest BCUT2D eigenvalue weighted by Gasteiger charge is -2.26. The molecule has 0 unspecified atom stereocenters. The summed E-state index contributed by atoms with van der Waals surface area (Å²) in [5.74, 6) is -0.296. The second-order valence-electron chi connectivity index (χ2n) is 6.14. The third-order valence-corrected chi connectivity index (χ3v) is 6.24. The van der Waals surface area contributed by atoms with E-state index in [9.17, 15) is 13.2 Å². The lowest BCUT2D eigenvalue weighted by molar-refractivity contribution is -0.137. The van der Waals surface area contributed by atoms with E-state index in [0.29, 0.717) is 23.6 Å². The van der Waals surface area contributed by atoms with Gasteiger partial charge < -0.3 is 9.84 Å².